The molecule has 1 fully saturated rings. The number of nitriles is 1. The number of carbonyl (C=O) groups is 1. The molecule has 0 atom stereocenters. The SMILES string of the molecule is CCN1C(=O)/C(=C\c2cc(I)c(OCc3ccccc3C#N)c(OC)c2)SC1=Nc1ccc(F)cc1. The highest BCUT2D eigenvalue weighted by Crippen LogP contribution is 2.38. The van der Waals surface area contributed by atoms with Gasteiger partial charge in [-0.25, -0.2) is 9.38 Å². The van der Waals surface area contributed by atoms with E-state index in [9.17, 15) is 14.4 Å². The molecule has 4 rings (SSSR count). The van der Waals surface area contributed by atoms with E-state index in [4.69, 9.17) is 9.47 Å². The van der Waals surface area contributed by atoms with Gasteiger partial charge in [0.1, 0.15) is 12.4 Å². The second-order valence-corrected chi connectivity index (χ2v) is 9.79. The summed E-state index contributed by atoms with van der Waals surface area (Å²) < 4.78 is 25.6. The molecule has 1 heterocycles. The topological polar surface area (TPSA) is 74.9 Å². The first kappa shape index (κ1) is 25.7. The van der Waals surface area contributed by atoms with Crippen molar-refractivity contribution in [2.45, 2.75) is 13.5 Å². The molecule has 0 spiro atoms. The van der Waals surface area contributed by atoms with E-state index in [1.54, 1.807) is 42.4 Å². The molecule has 3 aromatic rings. The van der Waals surface area contributed by atoms with Crippen LogP contribution < -0.4 is 9.47 Å². The summed E-state index contributed by atoms with van der Waals surface area (Å²) in [7, 11) is 1.56. The number of amidine groups is 1. The minimum atomic E-state index is -0.340. The Kier molecular flexibility index (Phi) is 8.28. The van der Waals surface area contributed by atoms with Crippen LogP contribution >= 0.6 is 34.4 Å². The Morgan fingerprint density at radius 3 is 2.64 bits per heavy atom. The Bertz CT molecular complexity index is 1400. The normalized spacial score (nSPS) is 15.4. The van der Waals surface area contributed by atoms with Gasteiger partial charge in [-0.1, -0.05) is 18.2 Å². The van der Waals surface area contributed by atoms with Crippen LogP contribution in [0.1, 0.15) is 23.6 Å². The van der Waals surface area contributed by atoms with Crippen LogP contribution in [0.25, 0.3) is 6.08 Å². The van der Waals surface area contributed by atoms with Gasteiger partial charge in [0.05, 0.1) is 32.9 Å². The molecule has 0 bridgehead atoms. The van der Waals surface area contributed by atoms with Crippen molar-refractivity contribution >= 4 is 57.2 Å². The third-order valence-electron chi connectivity index (χ3n) is 5.32. The molecule has 0 aliphatic carbocycles. The van der Waals surface area contributed by atoms with Crippen LogP contribution in [0.3, 0.4) is 0 Å². The van der Waals surface area contributed by atoms with Gasteiger partial charge in [-0.05, 0) is 95.4 Å². The molecule has 1 aliphatic heterocycles. The molecule has 3 aromatic carbocycles. The molecule has 0 radical (unpaired) electrons. The number of likely N-dealkylation sites (N-methyl/N-ethyl adjacent to an activating group) is 1. The summed E-state index contributed by atoms with van der Waals surface area (Å²) in [6.07, 6.45) is 1.79. The number of ether oxygens (including phenoxy) is 2. The van der Waals surface area contributed by atoms with Crippen molar-refractivity contribution in [3.05, 3.63) is 91.6 Å². The maximum Gasteiger partial charge on any atom is 0.266 e. The van der Waals surface area contributed by atoms with E-state index < -0.39 is 0 Å². The number of carbonyl (C=O) groups excluding carboxylic acids is 1. The van der Waals surface area contributed by atoms with Gasteiger partial charge in [0.25, 0.3) is 5.91 Å². The lowest BCUT2D eigenvalue weighted by Crippen LogP contribution is -2.28. The van der Waals surface area contributed by atoms with E-state index in [1.165, 1.54) is 23.9 Å². The first-order valence-electron chi connectivity index (χ1n) is 11.0. The van der Waals surface area contributed by atoms with Crippen LogP contribution in [0, 0.1) is 20.7 Å². The lowest BCUT2D eigenvalue weighted by atomic mass is 10.1. The Hall–Kier alpha value is -3.36. The zero-order valence-corrected chi connectivity index (χ0v) is 22.5. The summed E-state index contributed by atoms with van der Waals surface area (Å²) in [5.74, 6) is 0.594. The predicted octanol–water partition coefficient (Wildman–Crippen LogP) is 6.51. The average molecular weight is 613 g/mol. The van der Waals surface area contributed by atoms with Gasteiger partial charge in [-0.3, -0.25) is 9.69 Å². The molecule has 0 saturated carbocycles. The van der Waals surface area contributed by atoms with E-state index in [2.05, 4.69) is 33.7 Å². The van der Waals surface area contributed by atoms with Crippen molar-refractivity contribution in [3.63, 3.8) is 0 Å². The minimum absolute atomic E-state index is 0.147. The van der Waals surface area contributed by atoms with Crippen molar-refractivity contribution in [2.75, 3.05) is 13.7 Å². The van der Waals surface area contributed by atoms with Gasteiger partial charge in [0.15, 0.2) is 16.7 Å². The lowest BCUT2D eigenvalue weighted by molar-refractivity contribution is -0.122. The number of amides is 1. The van der Waals surface area contributed by atoms with Crippen molar-refractivity contribution < 1.29 is 18.7 Å². The van der Waals surface area contributed by atoms with Crippen LogP contribution in [0.15, 0.2) is 70.6 Å². The van der Waals surface area contributed by atoms with Gasteiger partial charge in [0, 0.05) is 12.1 Å². The summed E-state index contributed by atoms with van der Waals surface area (Å²) >= 11 is 3.43. The van der Waals surface area contributed by atoms with Crippen molar-refractivity contribution in [3.8, 4) is 17.6 Å². The maximum atomic E-state index is 13.2. The molecule has 182 valence electrons. The Labute approximate surface area is 226 Å². The fraction of sp³-hybridized carbons (Fsp3) is 0.148. The molecule has 0 N–H and O–H groups in total. The number of methoxy groups -OCH3 is 1. The maximum absolute atomic E-state index is 13.2. The largest absolute Gasteiger partial charge is 0.493 e. The average Bonchev–Trinajstić information content (AvgIpc) is 3.17. The van der Waals surface area contributed by atoms with Crippen molar-refractivity contribution in [1.29, 1.82) is 5.26 Å². The number of hydrogen-bond donors (Lipinski definition) is 0. The van der Waals surface area contributed by atoms with Gasteiger partial charge in [-0.15, -0.1) is 0 Å². The number of nitrogens with zero attached hydrogens (tertiary/aromatic N) is 3. The fourth-order valence-electron chi connectivity index (χ4n) is 3.52. The molecule has 1 aliphatic rings. The van der Waals surface area contributed by atoms with E-state index in [-0.39, 0.29) is 18.3 Å². The summed E-state index contributed by atoms with van der Waals surface area (Å²) in [6.45, 7) is 2.56. The molecule has 0 aromatic heterocycles. The number of aliphatic imine (C=N–C) groups is 1. The third-order valence-corrected chi connectivity index (χ3v) is 7.12. The van der Waals surface area contributed by atoms with Crippen LogP contribution in [0.4, 0.5) is 10.1 Å². The molecular weight excluding hydrogens is 592 g/mol. The molecule has 9 heteroatoms. The Morgan fingerprint density at radius 1 is 1.19 bits per heavy atom. The summed E-state index contributed by atoms with van der Waals surface area (Å²) in [6, 6.07) is 19.0. The number of rotatable bonds is 7. The highest BCUT2D eigenvalue weighted by molar-refractivity contribution is 14.1. The second kappa shape index (κ2) is 11.6. The summed E-state index contributed by atoms with van der Waals surface area (Å²) in [4.78, 5) is 19.7. The van der Waals surface area contributed by atoms with Gasteiger partial charge >= 0.3 is 0 Å². The monoisotopic (exact) mass is 613 g/mol. The van der Waals surface area contributed by atoms with E-state index in [1.807, 2.05) is 31.2 Å². The zero-order chi connectivity index (χ0) is 25.7. The lowest BCUT2D eigenvalue weighted by Gasteiger charge is -2.14. The smallest absolute Gasteiger partial charge is 0.266 e. The van der Waals surface area contributed by atoms with Crippen molar-refractivity contribution in [1.82, 2.24) is 4.90 Å². The minimum Gasteiger partial charge on any atom is -0.493 e. The second-order valence-electron chi connectivity index (χ2n) is 7.62. The van der Waals surface area contributed by atoms with Crippen LogP contribution in [-0.4, -0.2) is 29.6 Å². The molecule has 6 nitrogen and oxygen atoms in total. The summed E-state index contributed by atoms with van der Waals surface area (Å²) in [5, 5.41) is 9.86. The fourth-order valence-corrected chi connectivity index (χ4v) is 5.36. The van der Waals surface area contributed by atoms with Gasteiger partial charge < -0.3 is 9.47 Å². The number of halogens is 2. The summed E-state index contributed by atoms with van der Waals surface area (Å²) in [5.41, 5.74) is 2.69. The van der Waals surface area contributed by atoms with Gasteiger partial charge in [0.2, 0.25) is 0 Å². The third kappa shape index (κ3) is 5.71. The molecular formula is C27H21FIN3O3S. The van der Waals surface area contributed by atoms with E-state index >= 15 is 0 Å². The molecule has 36 heavy (non-hydrogen) atoms. The zero-order valence-electron chi connectivity index (χ0n) is 19.5. The van der Waals surface area contributed by atoms with Crippen molar-refractivity contribution in [2.24, 2.45) is 4.99 Å². The first-order chi connectivity index (χ1) is 17.4. The first-order valence-corrected chi connectivity index (χ1v) is 12.9. The van der Waals surface area contributed by atoms with E-state index in [0.717, 1.165) is 14.7 Å². The quantitative estimate of drug-likeness (QED) is 0.224. The Balaban J connectivity index is 1.60. The van der Waals surface area contributed by atoms with E-state index in [0.29, 0.717) is 39.4 Å². The number of benzene rings is 3. The predicted molar refractivity (Wildman–Crippen MR) is 148 cm³/mol. The van der Waals surface area contributed by atoms with Crippen LogP contribution in [-0.2, 0) is 11.4 Å². The standard InChI is InChI=1S/C27H21FIN3O3S/c1-3-32-26(33)24(36-27(32)31-21-10-8-20(28)9-11-21)14-17-12-22(29)25(23(13-17)34-2)35-16-19-7-5-4-6-18(19)15-30/h4-14H,3,16H2,1-2H3/b24-14+,31-27?. The van der Waals surface area contributed by atoms with Crippen LogP contribution in [0.5, 0.6) is 11.5 Å². The molecule has 0 unspecified atom stereocenters. The number of hydrogen-bond acceptors (Lipinski definition) is 6. The highest BCUT2D eigenvalue weighted by Gasteiger charge is 2.32. The van der Waals surface area contributed by atoms with Gasteiger partial charge in [-0.2, -0.15) is 5.26 Å². The highest BCUT2D eigenvalue weighted by atomic mass is 127. The molecule has 1 amide bonds. The Morgan fingerprint density at radius 2 is 1.94 bits per heavy atom. The molecule has 1 saturated heterocycles. The van der Waals surface area contributed by atoms with Crippen LogP contribution in [0.2, 0.25) is 0 Å². The number of thioether (sulfide) groups is 1.